The molecule has 8 nitrogen and oxygen atoms in total. The highest BCUT2D eigenvalue weighted by molar-refractivity contribution is 6.03. The molecular weight excluding hydrogens is 420 g/mol. The second-order valence-electron chi connectivity index (χ2n) is 7.55. The smallest absolute Gasteiger partial charge is 0.338 e. The van der Waals surface area contributed by atoms with E-state index in [1.807, 2.05) is 59.2 Å². The number of ether oxygens (including phenoxy) is 1. The van der Waals surface area contributed by atoms with Crippen molar-refractivity contribution in [2.75, 3.05) is 11.9 Å². The van der Waals surface area contributed by atoms with Crippen LogP contribution in [0.4, 0.5) is 11.6 Å². The molecule has 1 unspecified atom stereocenters. The molecule has 0 fully saturated rings. The topological polar surface area (TPSA) is 99.3 Å². The summed E-state index contributed by atoms with van der Waals surface area (Å²) in [6.07, 6.45) is 0. The van der Waals surface area contributed by atoms with Gasteiger partial charge in [0.05, 0.1) is 39.9 Å². The van der Waals surface area contributed by atoms with Crippen LogP contribution in [-0.4, -0.2) is 27.1 Å². The molecule has 1 aromatic heterocycles. The molecule has 0 spiro atoms. The number of non-ortho nitro benzene ring substituents is 1. The van der Waals surface area contributed by atoms with Gasteiger partial charge in [-0.25, -0.2) is 9.78 Å². The maximum atomic E-state index is 13.3. The number of hydrogen-bond acceptors (Lipinski definition) is 6. The predicted octanol–water partition coefficient (Wildman–Crippen LogP) is 4.93. The summed E-state index contributed by atoms with van der Waals surface area (Å²) in [5, 5.41) is 14.6. The predicted molar refractivity (Wildman–Crippen MR) is 125 cm³/mol. The maximum Gasteiger partial charge on any atom is 0.338 e. The number of carbonyl (C=O) groups is 1. The van der Waals surface area contributed by atoms with Gasteiger partial charge in [-0.15, -0.1) is 0 Å². The van der Waals surface area contributed by atoms with Crippen LogP contribution in [0.5, 0.6) is 0 Å². The molecule has 1 N–H and O–H groups in total. The number of fused-ring (bicyclic) bond motifs is 3. The van der Waals surface area contributed by atoms with Gasteiger partial charge in [-0.1, -0.05) is 42.5 Å². The molecule has 1 atom stereocenters. The summed E-state index contributed by atoms with van der Waals surface area (Å²) < 4.78 is 7.41. The van der Waals surface area contributed by atoms with Crippen molar-refractivity contribution in [3.8, 4) is 0 Å². The van der Waals surface area contributed by atoms with Crippen LogP contribution in [0.15, 0.2) is 84.4 Å². The Morgan fingerprint density at radius 1 is 1.06 bits per heavy atom. The van der Waals surface area contributed by atoms with Crippen molar-refractivity contribution in [3.63, 3.8) is 0 Å². The highest BCUT2D eigenvalue weighted by Crippen LogP contribution is 2.42. The van der Waals surface area contributed by atoms with Gasteiger partial charge in [0.2, 0.25) is 5.95 Å². The number of benzene rings is 3. The summed E-state index contributed by atoms with van der Waals surface area (Å²) in [6.45, 7) is 1.98. The van der Waals surface area contributed by atoms with Crippen LogP contribution < -0.4 is 5.32 Å². The van der Waals surface area contributed by atoms with Crippen LogP contribution in [0.25, 0.3) is 16.7 Å². The van der Waals surface area contributed by atoms with E-state index in [1.54, 1.807) is 19.1 Å². The summed E-state index contributed by atoms with van der Waals surface area (Å²) in [5.41, 5.74) is 4.11. The zero-order valence-corrected chi connectivity index (χ0v) is 17.8. The Bertz CT molecular complexity index is 1390. The van der Waals surface area contributed by atoms with Gasteiger partial charge in [0.25, 0.3) is 5.69 Å². The van der Waals surface area contributed by atoms with Gasteiger partial charge in [0.15, 0.2) is 0 Å². The fourth-order valence-electron chi connectivity index (χ4n) is 4.19. The van der Waals surface area contributed by atoms with Crippen LogP contribution in [-0.2, 0) is 9.53 Å². The van der Waals surface area contributed by atoms with E-state index in [1.165, 1.54) is 12.1 Å². The summed E-state index contributed by atoms with van der Waals surface area (Å²) in [4.78, 5) is 28.9. The van der Waals surface area contributed by atoms with Crippen LogP contribution in [0.2, 0.25) is 0 Å². The molecule has 0 aliphatic carbocycles. The highest BCUT2D eigenvalue weighted by atomic mass is 16.6. The van der Waals surface area contributed by atoms with Gasteiger partial charge < -0.3 is 10.1 Å². The molecule has 0 amide bonds. The molecule has 1 aliphatic heterocycles. The summed E-state index contributed by atoms with van der Waals surface area (Å²) >= 11 is 0. The van der Waals surface area contributed by atoms with Crippen molar-refractivity contribution in [1.82, 2.24) is 9.55 Å². The van der Waals surface area contributed by atoms with Gasteiger partial charge in [0.1, 0.15) is 0 Å². The van der Waals surface area contributed by atoms with E-state index in [0.29, 0.717) is 22.8 Å². The van der Waals surface area contributed by atoms with E-state index in [-0.39, 0.29) is 12.3 Å². The van der Waals surface area contributed by atoms with Crippen molar-refractivity contribution in [2.24, 2.45) is 0 Å². The van der Waals surface area contributed by atoms with Gasteiger partial charge in [-0.05, 0) is 42.3 Å². The molecule has 3 aromatic carbocycles. The minimum Gasteiger partial charge on any atom is -0.463 e. The van der Waals surface area contributed by atoms with Crippen molar-refractivity contribution in [1.29, 1.82) is 0 Å². The largest absolute Gasteiger partial charge is 0.463 e. The standard InChI is InChI=1S/C25H20N4O4/c1-2-33-24(30)21-22(16-8-4-3-5-9-16)27-25-26-19-10-6-7-11-20(19)28(25)23(21)17-12-14-18(15-13-17)29(31)32/h3-15,23H,2H2,1H3,(H,26,27). The Morgan fingerprint density at radius 2 is 1.76 bits per heavy atom. The minimum absolute atomic E-state index is 0.0201. The molecule has 0 saturated heterocycles. The van der Waals surface area contributed by atoms with Gasteiger partial charge >= 0.3 is 5.97 Å². The average molecular weight is 440 g/mol. The Morgan fingerprint density at radius 3 is 2.45 bits per heavy atom. The Balaban J connectivity index is 1.81. The second-order valence-corrected chi connectivity index (χ2v) is 7.55. The Kier molecular flexibility index (Phi) is 5.10. The number of para-hydroxylation sites is 2. The molecule has 0 saturated carbocycles. The first-order valence-corrected chi connectivity index (χ1v) is 10.5. The van der Waals surface area contributed by atoms with Crippen molar-refractivity contribution >= 4 is 34.3 Å². The molecule has 4 aromatic rings. The molecule has 1 aliphatic rings. The monoisotopic (exact) mass is 440 g/mol. The third kappa shape index (κ3) is 3.51. The first-order valence-electron chi connectivity index (χ1n) is 10.5. The fraction of sp³-hybridized carbons (Fsp3) is 0.120. The maximum absolute atomic E-state index is 13.3. The number of imidazole rings is 1. The number of nitro groups is 1. The van der Waals surface area contributed by atoms with E-state index in [0.717, 1.165) is 16.6 Å². The van der Waals surface area contributed by atoms with E-state index in [4.69, 9.17) is 9.72 Å². The van der Waals surface area contributed by atoms with Crippen LogP contribution in [0, 0.1) is 10.1 Å². The zero-order valence-electron chi connectivity index (χ0n) is 17.8. The number of anilines is 1. The number of nitrogens with zero attached hydrogens (tertiary/aromatic N) is 3. The molecule has 164 valence electrons. The summed E-state index contributed by atoms with van der Waals surface area (Å²) in [6, 6.07) is 22.8. The first-order chi connectivity index (χ1) is 16.1. The fourth-order valence-corrected chi connectivity index (χ4v) is 4.19. The SMILES string of the molecule is CCOC(=O)C1=C(c2ccccc2)Nc2nc3ccccc3n2C1c1ccc([N+](=O)[O-])cc1. The van der Waals surface area contributed by atoms with Crippen molar-refractivity contribution < 1.29 is 14.5 Å². The highest BCUT2D eigenvalue weighted by Gasteiger charge is 2.36. The number of aromatic nitrogens is 2. The van der Waals surface area contributed by atoms with E-state index >= 15 is 0 Å². The molecule has 0 bridgehead atoms. The molecule has 8 heteroatoms. The Labute approximate surface area is 189 Å². The quantitative estimate of drug-likeness (QED) is 0.268. The minimum atomic E-state index is -0.594. The lowest BCUT2D eigenvalue weighted by Gasteiger charge is -2.31. The number of nitrogens with one attached hydrogen (secondary N) is 1. The van der Waals surface area contributed by atoms with Crippen molar-refractivity contribution in [3.05, 3.63) is 106 Å². The molecule has 5 rings (SSSR count). The van der Waals surface area contributed by atoms with Gasteiger partial charge in [-0.3, -0.25) is 14.7 Å². The average Bonchev–Trinajstić information content (AvgIpc) is 3.22. The number of rotatable bonds is 5. The van der Waals surface area contributed by atoms with E-state index in [9.17, 15) is 14.9 Å². The van der Waals surface area contributed by atoms with Crippen LogP contribution >= 0.6 is 0 Å². The van der Waals surface area contributed by atoms with Crippen LogP contribution in [0.1, 0.15) is 24.1 Å². The zero-order chi connectivity index (χ0) is 22.9. The normalized spacial score (nSPS) is 15.1. The summed E-state index contributed by atoms with van der Waals surface area (Å²) in [7, 11) is 0. The molecule has 33 heavy (non-hydrogen) atoms. The van der Waals surface area contributed by atoms with Gasteiger partial charge in [-0.2, -0.15) is 0 Å². The lowest BCUT2D eigenvalue weighted by atomic mass is 9.92. The first kappa shape index (κ1) is 20.4. The molecule has 2 heterocycles. The lowest BCUT2D eigenvalue weighted by Crippen LogP contribution is -2.29. The van der Waals surface area contributed by atoms with E-state index in [2.05, 4.69) is 5.32 Å². The number of nitro benzene ring substituents is 1. The second kappa shape index (κ2) is 8.23. The molecule has 0 radical (unpaired) electrons. The Hall–Kier alpha value is -4.46. The van der Waals surface area contributed by atoms with Gasteiger partial charge in [0, 0.05) is 12.1 Å². The number of esters is 1. The summed E-state index contributed by atoms with van der Waals surface area (Å²) in [5.74, 6) is 0.113. The van der Waals surface area contributed by atoms with Crippen molar-refractivity contribution in [2.45, 2.75) is 13.0 Å². The third-order valence-corrected chi connectivity index (χ3v) is 5.61. The third-order valence-electron chi connectivity index (χ3n) is 5.61. The van der Waals surface area contributed by atoms with E-state index < -0.39 is 16.9 Å². The number of hydrogen-bond donors (Lipinski definition) is 1. The molecular formula is C25H20N4O4. The lowest BCUT2D eigenvalue weighted by molar-refractivity contribution is -0.384. The van der Waals surface area contributed by atoms with Crippen LogP contribution in [0.3, 0.4) is 0 Å². The number of carbonyl (C=O) groups excluding carboxylic acids is 1.